The fraction of sp³-hybridized carbons (Fsp3) is 0.636. The van der Waals surface area contributed by atoms with Crippen molar-refractivity contribution in [2.75, 3.05) is 0 Å². The van der Waals surface area contributed by atoms with Gasteiger partial charge in [-0.05, 0) is 24.7 Å². The SMILES string of the molecule is CC(C)CCC1C=CC=CC1. The van der Waals surface area contributed by atoms with Gasteiger partial charge in [0, 0.05) is 0 Å². The number of hydrogen-bond acceptors (Lipinski definition) is 0. The summed E-state index contributed by atoms with van der Waals surface area (Å²) in [5.41, 5.74) is 0. The second-order valence-corrected chi connectivity index (χ2v) is 3.78. The monoisotopic (exact) mass is 150 g/mol. The van der Waals surface area contributed by atoms with Crippen LogP contribution in [0.2, 0.25) is 0 Å². The Hall–Kier alpha value is -0.520. The first-order valence-corrected chi connectivity index (χ1v) is 4.62. The summed E-state index contributed by atoms with van der Waals surface area (Å²) in [6.07, 6.45) is 12.9. The Morgan fingerprint density at radius 3 is 2.73 bits per heavy atom. The van der Waals surface area contributed by atoms with Gasteiger partial charge >= 0.3 is 0 Å². The lowest BCUT2D eigenvalue weighted by Crippen LogP contribution is -1.99. The van der Waals surface area contributed by atoms with Crippen molar-refractivity contribution in [2.45, 2.75) is 33.1 Å². The topological polar surface area (TPSA) is 0 Å². The lowest BCUT2D eigenvalue weighted by atomic mass is 9.93. The van der Waals surface area contributed by atoms with Crippen LogP contribution in [0.1, 0.15) is 33.1 Å². The molecule has 0 amide bonds. The average Bonchev–Trinajstić information content (AvgIpc) is 2.03. The maximum atomic E-state index is 2.34. The first-order valence-electron chi connectivity index (χ1n) is 4.62. The predicted octanol–water partition coefficient (Wildman–Crippen LogP) is 3.55. The van der Waals surface area contributed by atoms with Gasteiger partial charge in [-0.25, -0.2) is 0 Å². The zero-order chi connectivity index (χ0) is 8.10. The minimum Gasteiger partial charge on any atom is -0.0840 e. The molecule has 0 aliphatic heterocycles. The van der Waals surface area contributed by atoms with Gasteiger partial charge in [0.25, 0.3) is 0 Å². The lowest BCUT2D eigenvalue weighted by molar-refractivity contribution is 0.482. The molecule has 0 bridgehead atoms. The summed E-state index contributed by atoms with van der Waals surface area (Å²) < 4.78 is 0. The Labute approximate surface area is 70.0 Å². The van der Waals surface area contributed by atoms with Crippen LogP contribution in [0.15, 0.2) is 24.3 Å². The maximum Gasteiger partial charge on any atom is -0.0196 e. The largest absolute Gasteiger partial charge is 0.0840 e. The Bertz CT molecular complexity index is 151. The third kappa shape index (κ3) is 3.41. The standard InChI is InChI=1S/C11H18/c1-10(2)8-9-11-6-4-3-5-7-11/h3-6,10-11H,7-9H2,1-2H3. The summed E-state index contributed by atoms with van der Waals surface area (Å²) in [6, 6.07) is 0. The molecule has 1 aliphatic rings. The van der Waals surface area contributed by atoms with Crippen LogP contribution in [0.5, 0.6) is 0 Å². The molecule has 1 atom stereocenters. The van der Waals surface area contributed by atoms with Crippen molar-refractivity contribution in [3.8, 4) is 0 Å². The smallest absolute Gasteiger partial charge is 0.0196 e. The quantitative estimate of drug-likeness (QED) is 0.577. The van der Waals surface area contributed by atoms with E-state index in [0.29, 0.717) is 0 Å². The number of hydrogen-bond donors (Lipinski definition) is 0. The van der Waals surface area contributed by atoms with Crippen molar-refractivity contribution in [2.24, 2.45) is 11.8 Å². The van der Waals surface area contributed by atoms with Crippen LogP contribution in [0, 0.1) is 11.8 Å². The molecule has 0 saturated heterocycles. The zero-order valence-electron chi connectivity index (χ0n) is 7.59. The van der Waals surface area contributed by atoms with Gasteiger partial charge in [-0.1, -0.05) is 44.6 Å². The molecule has 0 saturated carbocycles. The summed E-state index contributed by atoms with van der Waals surface area (Å²) in [6.45, 7) is 4.59. The zero-order valence-corrected chi connectivity index (χ0v) is 7.59. The van der Waals surface area contributed by atoms with Crippen LogP contribution in [-0.4, -0.2) is 0 Å². The average molecular weight is 150 g/mol. The van der Waals surface area contributed by atoms with E-state index in [1.54, 1.807) is 0 Å². The summed E-state index contributed by atoms with van der Waals surface area (Å²) in [4.78, 5) is 0. The van der Waals surface area contributed by atoms with Crippen molar-refractivity contribution >= 4 is 0 Å². The summed E-state index contributed by atoms with van der Waals surface area (Å²) >= 11 is 0. The van der Waals surface area contributed by atoms with Gasteiger partial charge in [0.15, 0.2) is 0 Å². The molecule has 1 aliphatic carbocycles. The molecular weight excluding hydrogens is 132 g/mol. The Morgan fingerprint density at radius 1 is 1.36 bits per heavy atom. The molecule has 1 unspecified atom stereocenters. The van der Waals surface area contributed by atoms with E-state index in [4.69, 9.17) is 0 Å². The van der Waals surface area contributed by atoms with E-state index in [-0.39, 0.29) is 0 Å². The van der Waals surface area contributed by atoms with Gasteiger partial charge < -0.3 is 0 Å². The Kier molecular flexibility index (Phi) is 3.41. The highest BCUT2D eigenvalue weighted by molar-refractivity contribution is 5.10. The predicted molar refractivity (Wildman–Crippen MR) is 50.5 cm³/mol. The molecular formula is C11H18. The minimum atomic E-state index is 0.822. The third-order valence-electron chi connectivity index (χ3n) is 2.18. The number of allylic oxidation sites excluding steroid dienone is 4. The molecule has 0 aromatic rings. The number of rotatable bonds is 3. The van der Waals surface area contributed by atoms with E-state index >= 15 is 0 Å². The summed E-state index contributed by atoms with van der Waals surface area (Å²) in [7, 11) is 0. The van der Waals surface area contributed by atoms with Gasteiger partial charge in [-0.15, -0.1) is 0 Å². The van der Waals surface area contributed by atoms with Crippen molar-refractivity contribution in [1.29, 1.82) is 0 Å². The first kappa shape index (κ1) is 8.58. The van der Waals surface area contributed by atoms with Crippen molar-refractivity contribution in [3.63, 3.8) is 0 Å². The first-order chi connectivity index (χ1) is 5.29. The van der Waals surface area contributed by atoms with Crippen LogP contribution in [0.25, 0.3) is 0 Å². The molecule has 0 spiro atoms. The van der Waals surface area contributed by atoms with Crippen molar-refractivity contribution in [1.82, 2.24) is 0 Å². The molecule has 0 aromatic carbocycles. The third-order valence-corrected chi connectivity index (χ3v) is 2.18. The summed E-state index contributed by atoms with van der Waals surface area (Å²) in [5.74, 6) is 1.68. The molecule has 0 aromatic heterocycles. The van der Waals surface area contributed by atoms with E-state index in [9.17, 15) is 0 Å². The van der Waals surface area contributed by atoms with Crippen LogP contribution in [0.3, 0.4) is 0 Å². The van der Waals surface area contributed by atoms with Gasteiger partial charge in [0.1, 0.15) is 0 Å². The molecule has 0 radical (unpaired) electrons. The highest BCUT2D eigenvalue weighted by Gasteiger charge is 2.05. The molecule has 0 N–H and O–H groups in total. The van der Waals surface area contributed by atoms with Crippen molar-refractivity contribution in [3.05, 3.63) is 24.3 Å². The van der Waals surface area contributed by atoms with Gasteiger partial charge in [-0.3, -0.25) is 0 Å². The van der Waals surface area contributed by atoms with Crippen LogP contribution >= 0.6 is 0 Å². The second-order valence-electron chi connectivity index (χ2n) is 3.78. The van der Waals surface area contributed by atoms with Gasteiger partial charge in [0.05, 0.1) is 0 Å². The van der Waals surface area contributed by atoms with Crippen LogP contribution in [0.4, 0.5) is 0 Å². The summed E-state index contributed by atoms with van der Waals surface area (Å²) in [5, 5.41) is 0. The fourth-order valence-electron chi connectivity index (χ4n) is 1.39. The normalized spacial score (nSPS) is 23.0. The molecule has 62 valence electrons. The minimum absolute atomic E-state index is 0.822. The van der Waals surface area contributed by atoms with E-state index in [0.717, 1.165) is 11.8 Å². The van der Waals surface area contributed by atoms with E-state index in [1.807, 2.05) is 0 Å². The lowest BCUT2D eigenvalue weighted by Gasteiger charge is -2.13. The van der Waals surface area contributed by atoms with Crippen LogP contribution in [-0.2, 0) is 0 Å². The maximum absolute atomic E-state index is 2.34. The van der Waals surface area contributed by atoms with Gasteiger partial charge in [0.2, 0.25) is 0 Å². The fourth-order valence-corrected chi connectivity index (χ4v) is 1.39. The highest BCUT2D eigenvalue weighted by Crippen LogP contribution is 2.19. The van der Waals surface area contributed by atoms with Gasteiger partial charge in [-0.2, -0.15) is 0 Å². The molecule has 0 heteroatoms. The molecule has 0 heterocycles. The Morgan fingerprint density at radius 2 is 2.18 bits per heavy atom. The van der Waals surface area contributed by atoms with E-state index in [1.165, 1.54) is 19.3 Å². The Balaban J connectivity index is 2.17. The second kappa shape index (κ2) is 4.38. The van der Waals surface area contributed by atoms with E-state index < -0.39 is 0 Å². The molecule has 11 heavy (non-hydrogen) atoms. The molecule has 1 rings (SSSR count). The molecule has 0 nitrogen and oxygen atoms in total. The van der Waals surface area contributed by atoms with E-state index in [2.05, 4.69) is 38.2 Å². The highest BCUT2D eigenvalue weighted by atomic mass is 14.1. The molecule has 0 fully saturated rings. The van der Waals surface area contributed by atoms with Crippen LogP contribution < -0.4 is 0 Å². The van der Waals surface area contributed by atoms with Crippen molar-refractivity contribution < 1.29 is 0 Å².